The van der Waals surface area contributed by atoms with E-state index in [0.29, 0.717) is 33.6 Å². The van der Waals surface area contributed by atoms with Crippen molar-refractivity contribution in [1.29, 1.82) is 10.5 Å². The smallest absolute Gasteiger partial charge is 0.104 e. The molecule has 0 unspecified atom stereocenters. The third-order valence-corrected chi connectivity index (χ3v) is 18.9. The molecule has 17 rings (SSSR count). The van der Waals surface area contributed by atoms with E-state index in [1.54, 1.807) is 22.7 Å². The van der Waals surface area contributed by atoms with Crippen LogP contribution >= 0.6 is 22.7 Å². The Morgan fingerprint density at radius 1 is 0.295 bits per heavy atom. The largest absolute Gasteiger partial charge is 0.306 e. The normalized spacial score (nSPS) is 12.1. The summed E-state index contributed by atoms with van der Waals surface area (Å²) in [7, 11) is 0. The summed E-state index contributed by atoms with van der Waals surface area (Å²) >= 11 is 3.56. The molecule has 6 heteroatoms. The molecule has 0 bridgehead atoms. The summed E-state index contributed by atoms with van der Waals surface area (Å²) in [4.78, 5) is 0. The number of hydrogen-bond donors (Lipinski definition) is 0. The summed E-state index contributed by atoms with van der Waals surface area (Å²) in [6, 6.07) is 88.5. The van der Waals surface area contributed by atoms with Crippen molar-refractivity contribution in [2.75, 3.05) is 0 Å². The molecule has 0 saturated carbocycles. The van der Waals surface area contributed by atoms with Crippen LogP contribution in [-0.2, 0) is 0 Å². The molecule has 0 aliphatic carbocycles. The Morgan fingerprint density at radius 3 is 1.10 bits per heavy atom. The maximum Gasteiger partial charge on any atom is 0.104 e. The van der Waals surface area contributed by atoms with Crippen LogP contribution in [0.4, 0.5) is 0 Å². The molecule has 0 aliphatic heterocycles. The fourth-order valence-electron chi connectivity index (χ4n) is 13.2. The second-order valence-corrected chi connectivity index (χ2v) is 22.5. The van der Waals surface area contributed by atoms with Crippen LogP contribution in [0.15, 0.2) is 231 Å². The number of hydrogen-bond acceptors (Lipinski definition) is 4. The molecule has 0 spiro atoms. The van der Waals surface area contributed by atoms with Crippen LogP contribution in [0, 0.1) is 22.7 Å². The van der Waals surface area contributed by atoms with Crippen molar-refractivity contribution in [2.24, 2.45) is 0 Å². The van der Waals surface area contributed by atoms with Gasteiger partial charge in [-0.05, 0) is 90.6 Å². The Balaban J connectivity index is 1.16. The van der Waals surface area contributed by atoms with Crippen LogP contribution in [0.25, 0.3) is 161 Å². The van der Waals surface area contributed by atoms with Gasteiger partial charge >= 0.3 is 0 Å². The van der Waals surface area contributed by atoms with E-state index in [0.717, 1.165) is 118 Å². The molecule has 4 nitrogen and oxygen atoms in total. The van der Waals surface area contributed by atoms with Gasteiger partial charge in [-0.25, -0.2) is 0 Å². The molecule has 0 saturated heterocycles. The minimum absolute atomic E-state index is 0.469. The molecule has 358 valence electrons. The van der Waals surface area contributed by atoms with Gasteiger partial charge < -0.3 is 9.13 Å². The maximum atomic E-state index is 12.8. The van der Waals surface area contributed by atoms with E-state index < -0.39 is 0 Å². The Bertz CT molecular complexity index is 5280. The van der Waals surface area contributed by atoms with Gasteiger partial charge in [-0.1, -0.05) is 194 Å². The summed E-state index contributed by atoms with van der Waals surface area (Å²) < 4.78 is 9.34. The van der Waals surface area contributed by atoms with E-state index in [1.807, 2.05) is 0 Å². The molecular weight excluding hydrogens is 985 g/mol. The monoisotopic (exact) mass is 1020 g/mol. The molecule has 4 aromatic heterocycles. The fourth-order valence-corrected chi connectivity index (χ4v) is 15.7. The van der Waals surface area contributed by atoms with Gasteiger partial charge in [-0.3, -0.25) is 0 Å². The first-order valence-electron chi connectivity index (χ1n) is 26.2. The molecule has 0 atom stereocenters. The van der Waals surface area contributed by atoms with Gasteiger partial charge in [-0.15, -0.1) is 22.7 Å². The van der Waals surface area contributed by atoms with Crippen LogP contribution in [0.2, 0.25) is 0 Å². The topological polar surface area (TPSA) is 57.4 Å². The first-order valence-corrected chi connectivity index (χ1v) is 27.8. The molecule has 78 heavy (non-hydrogen) atoms. The molecule has 0 amide bonds. The third kappa shape index (κ3) is 5.85. The number of nitrogens with zero attached hydrogens (tertiary/aromatic N) is 4. The van der Waals surface area contributed by atoms with Crippen molar-refractivity contribution < 1.29 is 0 Å². The standard InChI is InChI=1S/C72H38N4S2/c73-39-59-65(45-31-29-43-27-25-41-13-1-3-15-47(41)57(43)37-45)67(75-61-21-9-5-17-49(61)53-33-35-55-51-19-7-11-23-63(51)77-71(55)69(53)75)60(40-74)68(66(59)46-32-30-44-28-26-42-14-2-4-16-48(42)58(44)38-46)76-62-22-10-6-18-50(62)54-34-36-56-52-20-8-12-24-64(52)78-72(56)70(54)76/h1-38H. The highest BCUT2D eigenvalue weighted by molar-refractivity contribution is 7.27. The molecular formula is C72H38N4S2. The number of rotatable bonds is 4. The van der Waals surface area contributed by atoms with Crippen molar-refractivity contribution in [3.63, 3.8) is 0 Å². The fraction of sp³-hybridized carbons (Fsp3) is 0. The SMILES string of the molecule is N#Cc1c(-c2ccc3ccc4ccccc4c3c2)c(-n2c3ccccc3c3ccc4c5ccccc5sc4c32)c(C#N)c(-n2c3ccccc3c3ccc4c5ccccc5sc4c32)c1-c1ccc2ccc3ccccc3c2c1. The Kier molecular flexibility index (Phi) is 8.98. The molecule has 0 N–H and O–H groups in total. The second-order valence-electron chi connectivity index (χ2n) is 20.4. The minimum Gasteiger partial charge on any atom is -0.306 e. The van der Waals surface area contributed by atoms with E-state index in [2.05, 4.69) is 252 Å². The summed E-state index contributed by atoms with van der Waals surface area (Å²) in [6.07, 6.45) is 0. The van der Waals surface area contributed by atoms with E-state index in [9.17, 15) is 10.5 Å². The lowest BCUT2D eigenvalue weighted by Gasteiger charge is -2.26. The molecule has 0 aliphatic rings. The van der Waals surface area contributed by atoms with Gasteiger partial charge in [0.15, 0.2) is 0 Å². The lowest BCUT2D eigenvalue weighted by atomic mass is 9.84. The van der Waals surface area contributed by atoms with Crippen LogP contribution < -0.4 is 0 Å². The highest BCUT2D eigenvalue weighted by Gasteiger charge is 2.33. The third-order valence-electron chi connectivity index (χ3n) is 16.5. The van der Waals surface area contributed by atoms with Crippen molar-refractivity contribution >= 4 is 150 Å². The summed E-state index contributed by atoms with van der Waals surface area (Å²) in [5.41, 5.74) is 9.33. The molecule has 4 heterocycles. The van der Waals surface area contributed by atoms with E-state index in [-0.39, 0.29) is 0 Å². The number of thiophene rings is 2. The van der Waals surface area contributed by atoms with E-state index in [4.69, 9.17) is 0 Å². The van der Waals surface area contributed by atoms with Crippen molar-refractivity contribution in [2.45, 2.75) is 0 Å². The average molecular weight is 1020 g/mol. The first-order chi connectivity index (χ1) is 38.6. The van der Waals surface area contributed by atoms with Gasteiger partial charge in [0.2, 0.25) is 0 Å². The second kappa shape index (κ2) is 16.2. The molecule has 13 aromatic carbocycles. The lowest BCUT2D eigenvalue weighted by molar-refractivity contribution is 1.12. The summed E-state index contributed by atoms with van der Waals surface area (Å²) in [5, 5.41) is 43.3. The van der Waals surface area contributed by atoms with Crippen LogP contribution in [0.1, 0.15) is 11.1 Å². The number of aromatic nitrogens is 2. The van der Waals surface area contributed by atoms with Gasteiger partial charge in [0.05, 0.1) is 48.4 Å². The van der Waals surface area contributed by atoms with Crippen LogP contribution in [0.3, 0.4) is 0 Å². The zero-order valence-electron chi connectivity index (χ0n) is 41.5. The van der Waals surface area contributed by atoms with Gasteiger partial charge in [0.25, 0.3) is 0 Å². The summed E-state index contributed by atoms with van der Waals surface area (Å²) in [6.45, 7) is 0. The number of para-hydroxylation sites is 2. The van der Waals surface area contributed by atoms with Gasteiger partial charge in [-0.2, -0.15) is 10.5 Å². The number of fused-ring (bicyclic) bond motifs is 20. The van der Waals surface area contributed by atoms with Crippen molar-refractivity contribution in [3.05, 3.63) is 242 Å². The average Bonchev–Trinajstić information content (AvgIpc) is 4.35. The van der Waals surface area contributed by atoms with Gasteiger partial charge in [0.1, 0.15) is 17.7 Å². The highest BCUT2D eigenvalue weighted by atomic mass is 32.1. The number of benzene rings is 13. The van der Waals surface area contributed by atoms with Crippen molar-refractivity contribution in [3.8, 4) is 45.8 Å². The Labute approximate surface area is 453 Å². The van der Waals surface area contributed by atoms with Gasteiger partial charge in [0, 0.05) is 63.6 Å². The zero-order valence-corrected chi connectivity index (χ0v) is 43.2. The molecule has 0 fully saturated rings. The number of nitriles is 2. The van der Waals surface area contributed by atoms with Crippen molar-refractivity contribution in [1.82, 2.24) is 9.13 Å². The maximum absolute atomic E-state index is 12.8. The predicted molar refractivity (Wildman–Crippen MR) is 331 cm³/mol. The zero-order chi connectivity index (χ0) is 51.3. The first kappa shape index (κ1) is 43.2. The molecule has 0 radical (unpaired) electrons. The Morgan fingerprint density at radius 2 is 0.654 bits per heavy atom. The quantitative estimate of drug-likeness (QED) is 0.165. The highest BCUT2D eigenvalue weighted by Crippen LogP contribution is 2.52. The lowest BCUT2D eigenvalue weighted by Crippen LogP contribution is -2.11. The minimum atomic E-state index is 0.469. The van der Waals surface area contributed by atoms with E-state index in [1.165, 1.54) is 20.2 Å². The van der Waals surface area contributed by atoms with Crippen LogP contribution in [0.5, 0.6) is 0 Å². The summed E-state index contributed by atoms with van der Waals surface area (Å²) in [5.74, 6) is 0. The predicted octanol–water partition coefficient (Wildman–Crippen LogP) is 20.3. The Hall–Kier alpha value is -10.1. The molecule has 17 aromatic rings. The van der Waals surface area contributed by atoms with E-state index >= 15 is 0 Å². The van der Waals surface area contributed by atoms with Crippen LogP contribution in [-0.4, -0.2) is 9.13 Å².